The third kappa shape index (κ3) is 5.42. The molecule has 3 aromatic heterocycles. The molecule has 0 N–H and O–H groups in total. The summed E-state index contributed by atoms with van der Waals surface area (Å²) in [5.74, 6) is 1.83. The zero-order valence-electron chi connectivity index (χ0n) is 18.9. The van der Waals surface area contributed by atoms with Crippen LogP contribution in [0.4, 0.5) is 0 Å². The third-order valence-electron chi connectivity index (χ3n) is 5.41. The van der Waals surface area contributed by atoms with Gasteiger partial charge in [0.05, 0.1) is 22.1 Å². The summed E-state index contributed by atoms with van der Waals surface area (Å²) in [5.41, 5.74) is 6.08. The zero-order valence-corrected chi connectivity index (χ0v) is 22.3. The Balaban J connectivity index is 0.00000144. The van der Waals surface area contributed by atoms with E-state index < -0.39 is 0 Å². The zero-order chi connectivity index (χ0) is 20.5. The molecule has 1 radical (unpaired) electrons. The van der Waals surface area contributed by atoms with Crippen LogP contribution in [0.2, 0.25) is 0 Å². The number of aromatic nitrogens is 5. The van der Waals surface area contributed by atoms with Gasteiger partial charge in [-0.25, -0.2) is 15.0 Å². The van der Waals surface area contributed by atoms with Crippen molar-refractivity contribution in [1.82, 2.24) is 24.1 Å². The molecule has 0 amide bonds. The Morgan fingerprint density at radius 2 is 0.971 bits per heavy atom. The number of rotatable bonds is 6. The summed E-state index contributed by atoms with van der Waals surface area (Å²) in [6.07, 6.45) is 2.08. The van der Waals surface area contributed by atoms with Gasteiger partial charge >= 0.3 is 17.1 Å². The molecule has 0 atom stereocenters. The molecule has 0 aliphatic heterocycles. The minimum Gasteiger partial charge on any atom is -1.00 e. The normalized spacial score (nSPS) is 10.2. The van der Waals surface area contributed by atoms with Gasteiger partial charge in [0.25, 0.3) is 0 Å². The van der Waals surface area contributed by atoms with Crippen molar-refractivity contribution in [3.8, 4) is 23.0 Å². The average molecular weight is 558 g/mol. The Hall–Kier alpha value is -2.08. The van der Waals surface area contributed by atoms with Crippen molar-refractivity contribution < 1.29 is 54.3 Å². The van der Waals surface area contributed by atoms with Gasteiger partial charge in [0.15, 0.2) is 11.6 Å². The second-order valence-electron chi connectivity index (χ2n) is 7.56. The molecule has 5 aromatic rings. The molecule has 5 rings (SSSR count). The van der Waals surface area contributed by atoms with E-state index in [4.69, 9.17) is 15.0 Å². The molecule has 9 heteroatoms. The number of aryl methyl sites for hydroxylation is 2. The van der Waals surface area contributed by atoms with Crippen molar-refractivity contribution in [1.29, 1.82) is 0 Å². The van der Waals surface area contributed by atoms with Crippen LogP contribution >= 0.6 is 0 Å². The van der Waals surface area contributed by atoms with Gasteiger partial charge in [-0.3, -0.25) is 0 Å². The molecule has 0 spiro atoms. The molecule has 179 valence electrons. The van der Waals surface area contributed by atoms with E-state index in [2.05, 4.69) is 65.4 Å². The molecule has 34 heavy (non-hydrogen) atoms. The van der Waals surface area contributed by atoms with E-state index in [1.807, 2.05) is 24.3 Å². The van der Waals surface area contributed by atoms with E-state index in [0.717, 1.165) is 71.0 Å². The standard InChI is InChI=1S/C25H25N5.3ClH.Fe/c1-3-16-29-22-14-7-5-10-18(22)27-24(29)20-12-9-13-21(26-20)25-28-19-11-6-8-15-23(19)30(25)17-4-2;;;;/h5-15H,3-4,16-17H2,1-2H3;3*1H;/q;;;;+3/p-3. The molecule has 3 heterocycles. The number of fused-ring (bicyclic) bond motifs is 2. The Morgan fingerprint density at radius 3 is 1.38 bits per heavy atom. The molecular weight excluding hydrogens is 533 g/mol. The topological polar surface area (TPSA) is 48.5 Å². The molecular formula is C25H25Cl3FeN5. The summed E-state index contributed by atoms with van der Waals surface area (Å²) in [5, 5.41) is 0. The predicted molar refractivity (Wildman–Crippen MR) is 122 cm³/mol. The summed E-state index contributed by atoms with van der Waals surface area (Å²) >= 11 is 0. The van der Waals surface area contributed by atoms with E-state index in [0.29, 0.717) is 0 Å². The van der Waals surface area contributed by atoms with E-state index in [1.165, 1.54) is 0 Å². The molecule has 0 saturated heterocycles. The monoisotopic (exact) mass is 556 g/mol. The first-order chi connectivity index (χ1) is 14.8. The first kappa shape index (κ1) is 30.0. The van der Waals surface area contributed by atoms with Gasteiger partial charge in [-0.15, -0.1) is 0 Å². The first-order valence-corrected chi connectivity index (χ1v) is 10.7. The fraction of sp³-hybridized carbons (Fsp3) is 0.240. The second kappa shape index (κ2) is 13.1. The van der Waals surface area contributed by atoms with Crippen LogP contribution in [-0.2, 0) is 30.2 Å². The van der Waals surface area contributed by atoms with Crippen molar-refractivity contribution in [3.05, 3.63) is 66.7 Å². The second-order valence-corrected chi connectivity index (χ2v) is 7.56. The molecule has 0 aliphatic rings. The Morgan fingerprint density at radius 1 is 0.559 bits per heavy atom. The summed E-state index contributed by atoms with van der Waals surface area (Å²) < 4.78 is 4.55. The van der Waals surface area contributed by atoms with Gasteiger partial charge in [-0.05, 0) is 49.2 Å². The van der Waals surface area contributed by atoms with Crippen molar-refractivity contribution in [3.63, 3.8) is 0 Å². The van der Waals surface area contributed by atoms with Gasteiger partial charge in [0, 0.05) is 13.1 Å². The van der Waals surface area contributed by atoms with Crippen LogP contribution in [0.25, 0.3) is 45.1 Å². The number of halogens is 3. The number of imidazole rings is 2. The van der Waals surface area contributed by atoms with Crippen molar-refractivity contribution in [2.24, 2.45) is 0 Å². The van der Waals surface area contributed by atoms with Gasteiger partial charge in [0.1, 0.15) is 11.4 Å². The SMILES string of the molecule is CCCn1c(-c2cccc(-c3nc4ccccc4n3CCC)n2)nc2ccccc21.[Cl-].[Cl-].[Cl-].[Fe+3]. The van der Waals surface area contributed by atoms with Crippen LogP contribution in [0, 0.1) is 0 Å². The van der Waals surface area contributed by atoms with Crippen molar-refractivity contribution in [2.45, 2.75) is 39.8 Å². The fourth-order valence-electron chi connectivity index (χ4n) is 4.13. The van der Waals surface area contributed by atoms with Crippen molar-refractivity contribution >= 4 is 22.1 Å². The third-order valence-corrected chi connectivity index (χ3v) is 5.41. The number of hydrogen-bond acceptors (Lipinski definition) is 3. The quantitative estimate of drug-likeness (QED) is 0.209. The molecule has 0 unspecified atom stereocenters. The number of hydrogen-bond donors (Lipinski definition) is 0. The molecule has 0 saturated carbocycles. The van der Waals surface area contributed by atoms with Crippen LogP contribution in [0.3, 0.4) is 0 Å². The average Bonchev–Trinajstić information content (AvgIpc) is 3.34. The first-order valence-electron chi connectivity index (χ1n) is 10.7. The van der Waals surface area contributed by atoms with E-state index in [1.54, 1.807) is 0 Å². The number of benzene rings is 2. The van der Waals surface area contributed by atoms with Gasteiger partial charge in [-0.2, -0.15) is 0 Å². The summed E-state index contributed by atoms with van der Waals surface area (Å²) in [6, 6.07) is 22.7. The maximum atomic E-state index is 5.02. The molecule has 0 bridgehead atoms. The smallest absolute Gasteiger partial charge is 1.00 e. The van der Waals surface area contributed by atoms with Crippen LogP contribution < -0.4 is 37.2 Å². The summed E-state index contributed by atoms with van der Waals surface area (Å²) in [7, 11) is 0. The molecule has 5 nitrogen and oxygen atoms in total. The maximum Gasteiger partial charge on any atom is 3.00 e. The summed E-state index contributed by atoms with van der Waals surface area (Å²) in [6.45, 7) is 6.21. The predicted octanol–water partition coefficient (Wildman–Crippen LogP) is -3.06. The van der Waals surface area contributed by atoms with Gasteiger partial charge in [0.2, 0.25) is 0 Å². The van der Waals surface area contributed by atoms with E-state index in [9.17, 15) is 0 Å². The van der Waals surface area contributed by atoms with Crippen LogP contribution in [0.1, 0.15) is 26.7 Å². The van der Waals surface area contributed by atoms with Gasteiger partial charge in [-0.1, -0.05) is 44.2 Å². The fourth-order valence-corrected chi connectivity index (χ4v) is 4.13. The molecule has 0 fully saturated rings. The summed E-state index contributed by atoms with van der Waals surface area (Å²) in [4.78, 5) is 14.8. The minimum absolute atomic E-state index is 0. The molecule has 2 aromatic carbocycles. The Bertz CT molecular complexity index is 1250. The number of pyridine rings is 1. The number of para-hydroxylation sites is 4. The largest absolute Gasteiger partial charge is 3.00 e. The minimum atomic E-state index is 0. The Labute approximate surface area is 229 Å². The van der Waals surface area contributed by atoms with Crippen molar-refractivity contribution in [2.75, 3.05) is 0 Å². The van der Waals surface area contributed by atoms with Crippen LogP contribution in [0.15, 0.2) is 66.7 Å². The van der Waals surface area contributed by atoms with Crippen LogP contribution in [-0.4, -0.2) is 24.1 Å². The molecule has 0 aliphatic carbocycles. The number of nitrogens with zero attached hydrogens (tertiary/aromatic N) is 5. The van der Waals surface area contributed by atoms with E-state index >= 15 is 0 Å². The van der Waals surface area contributed by atoms with Gasteiger partial charge < -0.3 is 46.4 Å². The van der Waals surface area contributed by atoms with E-state index in [-0.39, 0.29) is 54.3 Å². The Kier molecular flexibility index (Phi) is 11.6. The van der Waals surface area contributed by atoms with Crippen LogP contribution in [0.5, 0.6) is 0 Å². The maximum absolute atomic E-state index is 5.02.